The molecular weight excluding hydrogens is 314 g/mol. The molecule has 0 fully saturated rings. The summed E-state index contributed by atoms with van der Waals surface area (Å²) in [6.45, 7) is 0. The van der Waals surface area contributed by atoms with Crippen LogP contribution in [0.25, 0.3) is 0 Å². The summed E-state index contributed by atoms with van der Waals surface area (Å²) in [4.78, 5) is 4.92. The smallest absolute Gasteiger partial charge is 0.287 e. The van der Waals surface area contributed by atoms with Gasteiger partial charge in [-0.15, -0.1) is 4.40 Å². The Kier molecular flexibility index (Phi) is 3.28. The molecule has 0 saturated heterocycles. The Hall–Kier alpha value is -2.55. The second kappa shape index (κ2) is 5.02. The van der Waals surface area contributed by atoms with E-state index in [4.69, 9.17) is 0 Å². The van der Waals surface area contributed by atoms with E-state index in [2.05, 4.69) is 14.7 Å². The van der Waals surface area contributed by atoms with Crippen LogP contribution in [0.4, 0.5) is 20.2 Å². The van der Waals surface area contributed by atoms with E-state index >= 15 is 0 Å². The minimum absolute atomic E-state index is 0.0234. The molecule has 0 unspecified atom stereocenters. The quantitative estimate of drug-likeness (QED) is 0.868. The molecule has 9 heteroatoms. The summed E-state index contributed by atoms with van der Waals surface area (Å²) in [5.41, 5.74) is 0.562. The maximum absolute atomic E-state index is 13.3. The Morgan fingerprint density at radius 1 is 1.14 bits per heavy atom. The molecule has 1 aromatic carbocycles. The van der Waals surface area contributed by atoms with Crippen LogP contribution in [-0.4, -0.2) is 26.4 Å². The van der Waals surface area contributed by atoms with Gasteiger partial charge in [-0.05, 0) is 18.2 Å². The zero-order chi connectivity index (χ0) is 15.9. The van der Waals surface area contributed by atoms with E-state index in [-0.39, 0.29) is 11.6 Å². The van der Waals surface area contributed by atoms with Crippen molar-refractivity contribution < 1.29 is 17.2 Å². The second-order valence-corrected chi connectivity index (χ2v) is 6.11. The molecule has 22 heavy (non-hydrogen) atoms. The zero-order valence-corrected chi connectivity index (χ0v) is 12.1. The van der Waals surface area contributed by atoms with E-state index in [1.54, 1.807) is 19.2 Å². The number of aromatic nitrogens is 1. The Bertz CT molecular complexity index is 869. The molecule has 1 aliphatic rings. The van der Waals surface area contributed by atoms with Gasteiger partial charge in [-0.25, -0.2) is 8.78 Å². The van der Waals surface area contributed by atoms with Crippen LogP contribution in [-0.2, 0) is 10.0 Å². The van der Waals surface area contributed by atoms with Gasteiger partial charge in [0.1, 0.15) is 4.90 Å². The highest BCUT2D eigenvalue weighted by molar-refractivity contribution is 7.90. The summed E-state index contributed by atoms with van der Waals surface area (Å²) in [7, 11) is -2.54. The molecular formula is C13H10F2N4O2S. The van der Waals surface area contributed by atoms with Crippen molar-refractivity contribution >= 4 is 27.4 Å². The first-order valence-corrected chi connectivity index (χ1v) is 7.57. The highest BCUT2D eigenvalue weighted by Crippen LogP contribution is 2.30. The van der Waals surface area contributed by atoms with Crippen LogP contribution in [0, 0.1) is 11.6 Å². The van der Waals surface area contributed by atoms with Gasteiger partial charge >= 0.3 is 0 Å². The predicted molar refractivity (Wildman–Crippen MR) is 77.2 cm³/mol. The SMILES string of the molecule is CN(C1=NS(=O)(=O)c2cc(F)c(F)cc2N1)c1ccncc1. The van der Waals surface area contributed by atoms with Crippen LogP contribution < -0.4 is 10.2 Å². The molecule has 6 nitrogen and oxygen atoms in total. The molecule has 0 saturated carbocycles. The van der Waals surface area contributed by atoms with Crippen molar-refractivity contribution in [1.82, 2.24) is 4.98 Å². The number of anilines is 2. The maximum Gasteiger partial charge on any atom is 0.287 e. The molecule has 2 aromatic rings. The highest BCUT2D eigenvalue weighted by atomic mass is 32.2. The predicted octanol–water partition coefficient (Wildman–Crippen LogP) is 1.97. The van der Waals surface area contributed by atoms with Crippen LogP contribution in [0.3, 0.4) is 0 Å². The van der Waals surface area contributed by atoms with Crippen LogP contribution >= 0.6 is 0 Å². The fourth-order valence-electron chi connectivity index (χ4n) is 1.98. The maximum atomic E-state index is 13.3. The molecule has 0 spiro atoms. The van der Waals surface area contributed by atoms with Crippen molar-refractivity contribution in [3.63, 3.8) is 0 Å². The lowest BCUT2D eigenvalue weighted by molar-refractivity contribution is 0.505. The Labute approximate surface area is 125 Å². The summed E-state index contributed by atoms with van der Waals surface area (Å²) >= 11 is 0. The number of nitrogens with zero attached hydrogens (tertiary/aromatic N) is 3. The number of benzene rings is 1. The van der Waals surface area contributed by atoms with Gasteiger partial charge < -0.3 is 10.2 Å². The van der Waals surface area contributed by atoms with Gasteiger partial charge in [-0.1, -0.05) is 0 Å². The molecule has 114 valence electrons. The van der Waals surface area contributed by atoms with Crippen molar-refractivity contribution in [3.05, 3.63) is 48.3 Å². The third-order valence-electron chi connectivity index (χ3n) is 3.12. The molecule has 1 aliphatic heterocycles. The van der Waals surface area contributed by atoms with Crippen LogP contribution in [0.5, 0.6) is 0 Å². The molecule has 2 heterocycles. The highest BCUT2D eigenvalue weighted by Gasteiger charge is 2.28. The zero-order valence-electron chi connectivity index (χ0n) is 11.3. The number of rotatable bonds is 1. The van der Waals surface area contributed by atoms with E-state index < -0.39 is 26.6 Å². The van der Waals surface area contributed by atoms with Crippen molar-refractivity contribution in [2.75, 3.05) is 17.3 Å². The molecule has 1 N–H and O–H groups in total. The van der Waals surface area contributed by atoms with Gasteiger partial charge in [0, 0.05) is 31.2 Å². The Morgan fingerprint density at radius 3 is 2.45 bits per heavy atom. The van der Waals surface area contributed by atoms with Gasteiger partial charge in [0.25, 0.3) is 10.0 Å². The van der Waals surface area contributed by atoms with Gasteiger partial charge in [0.15, 0.2) is 11.6 Å². The monoisotopic (exact) mass is 324 g/mol. The number of sulfonamides is 1. The third kappa shape index (κ3) is 2.39. The number of guanidine groups is 1. The lowest BCUT2D eigenvalue weighted by atomic mass is 10.3. The standard InChI is InChI=1S/C13H10F2N4O2S/c1-19(8-2-4-16-5-3-8)13-17-11-6-9(14)10(15)7-12(11)22(20,21)18-13/h2-7H,1H3,(H,17,18). The first kappa shape index (κ1) is 14.4. The number of hydrogen-bond acceptors (Lipinski definition) is 5. The van der Waals surface area contributed by atoms with E-state index in [9.17, 15) is 17.2 Å². The fourth-order valence-corrected chi connectivity index (χ4v) is 3.12. The average Bonchev–Trinajstić information content (AvgIpc) is 2.49. The largest absolute Gasteiger partial charge is 0.324 e. The number of hydrogen-bond donors (Lipinski definition) is 1. The summed E-state index contributed by atoms with van der Waals surface area (Å²) < 4.78 is 54.4. The van der Waals surface area contributed by atoms with Crippen LogP contribution in [0.15, 0.2) is 46.0 Å². The van der Waals surface area contributed by atoms with Gasteiger partial charge in [-0.3, -0.25) is 4.98 Å². The number of halogens is 2. The third-order valence-corrected chi connectivity index (χ3v) is 4.43. The normalized spacial score (nSPS) is 15.5. The Balaban J connectivity index is 2.07. The molecule has 0 aliphatic carbocycles. The van der Waals surface area contributed by atoms with Crippen molar-refractivity contribution in [1.29, 1.82) is 0 Å². The minimum Gasteiger partial charge on any atom is -0.324 e. The molecule has 3 rings (SSSR count). The Morgan fingerprint density at radius 2 is 1.77 bits per heavy atom. The molecule has 0 atom stereocenters. The fraction of sp³-hybridized carbons (Fsp3) is 0.0769. The van der Waals surface area contributed by atoms with Crippen molar-refractivity contribution in [2.24, 2.45) is 4.40 Å². The molecule has 1 aromatic heterocycles. The van der Waals surface area contributed by atoms with Gasteiger partial charge in [-0.2, -0.15) is 8.42 Å². The average molecular weight is 324 g/mol. The summed E-state index contributed by atoms with van der Waals surface area (Å²) in [5.74, 6) is -2.41. The van der Waals surface area contributed by atoms with Gasteiger partial charge in [0.05, 0.1) is 5.69 Å². The summed E-state index contributed by atoms with van der Waals surface area (Å²) in [6.07, 6.45) is 3.07. The first-order chi connectivity index (χ1) is 10.4. The van der Waals surface area contributed by atoms with E-state index in [1.165, 1.54) is 17.3 Å². The van der Waals surface area contributed by atoms with Crippen molar-refractivity contribution in [2.45, 2.75) is 4.90 Å². The molecule has 0 bridgehead atoms. The minimum atomic E-state index is -4.12. The molecule has 0 amide bonds. The topological polar surface area (TPSA) is 74.7 Å². The van der Waals surface area contributed by atoms with Gasteiger partial charge in [0.2, 0.25) is 5.96 Å². The molecule has 0 radical (unpaired) electrons. The summed E-state index contributed by atoms with van der Waals surface area (Å²) in [6, 6.07) is 4.70. The number of pyridine rings is 1. The van der Waals surface area contributed by atoms with E-state index in [0.29, 0.717) is 11.8 Å². The lowest BCUT2D eigenvalue weighted by Gasteiger charge is -2.25. The summed E-state index contributed by atoms with van der Waals surface area (Å²) in [5, 5.41) is 2.69. The first-order valence-electron chi connectivity index (χ1n) is 6.13. The number of nitrogens with one attached hydrogen (secondary N) is 1. The van der Waals surface area contributed by atoms with Crippen molar-refractivity contribution in [3.8, 4) is 0 Å². The van der Waals surface area contributed by atoms with E-state index in [1.807, 2.05) is 0 Å². The lowest BCUT2D eigenvalue weighted by Crippen LogP contribution is -2.36. The van der Waals surface area contributed by atoms with Crippen LogP contribution in [0.2, 0.25) is 0 Å². The second-order valence-electron chi connectivity index (χ2n) is 4.54. The van der Waals surface area contributed by atoms with E-state index in [0.717, 1.165) is 6.07 Å². The number of fused-ring (bicyclic) bond motifs is 1. The van der Waals surface area contributed by atoms with Crippen LogP contribution in [0.1, 0.15) is 0 Å².